The fourth-order valence-corrected chi connectivity index (χ4v) is 4.77. The number of piperazine rings is 1. The number of hydrogen-bond acceptors (Lipinski definition) is 8. The normalized spacial score (nSPS) is 19.2. The number of non-ortho nitro benzene ring substituents is 1. The molecule has 2 atom stereocenters. The van der Waals surface area contributed by atoms with Crippen molar-refractivity contribution < 1.29 is 23.8 Å². The molecule has 2 aliphatic heterocycles. The third-order valence-electron chi connectivity index (χ3n) is 6.32. The fraction of sp³-hybridized carbons (Fsp3) is 0.308. The smallest absolute Gasteiger partial charge is 0.326 e. The summed E-state index contributed by atoms with van der Waals surface area (Å²) in [5, 5.41) is 18.6. The number of carbonyl (C=O) groups is 2. The summed E-state index contributed by atoms with van der Waals surface area (Å²) in [5.41, 5.74) is 0.961. The molecule has 3 aromatic rings. The molecule has 2 aliphatic rings. The number of nitrogens with one attached hydrogen (secondary N) is 1. The topological polar surface area (TPSA) is 143 Å². The molecule has 1 saturated heterocycles. The molecule has 12 nitrogen and oxygen atoms in total. The van der Waals surface area contributed by atoms with Crippen molar-refractivity contribution >= 4 is 35.1 Å². The molecule has 1 N–H and O–H groups in total. The number of hydrogen-bond donors (Lipinski definition) is 1. The molecule has 0 saturated carbocycles. The van der Waals surface area contributed by atoms with Crippen molar-refractivity contribution in [2.24, 2.45) is 4.99 Å². The van der Waals surface area contributed by atoms with Crippen LogP contribution in [0.5, 0.6) is 5.75 Å². The van der Waals surface area contributed by atoms with E-state index in [4.69, 9.17) is 25.9 Å². The highest BCUT2D eigenvalue weighted by Crippen LogP contribution is 2.45. The predicted molar refractivity (Wildman–Crippen MR) is 141 cm³/mol. The molecular formula is C26H25ClN6O6. The van der Waals surface area contributed by atoms with E-state index in [2.05, 4.69) is 10.5 Å². The van der Waals surface area contributed by atoms with Gasteiger partial charge in [-0.05, 0) is 37.6 Å². The lowest BCUT2D eigenvalue weighted by atomic mass is 9.98. The van der Waals surface area contributed by atoms with E-state index in [9.17, 15) is 19.7 Å². The summed E-state index contributed by atoms with van der Waals surface area (Å²) in [6, 6.07) is 11.0. The van der Waals surface area contributed by atoms with Crippen molar-refractivity contribution in [3.8, 4) is 5.75 Å². The summed E-state index contributed by atoms with van der Waals surface area (Å²) in [5.74, 6) is 0.506. The Labute approximate surface area is 228 Å². The predicted octanol–water partition coefficient (Wildman–Crippen LogP) is 4.12. The number of aliphatic imine (C=N–C) groups is 1. The summed E-state index contributed by atoms with van der Waals surface area (Å²) in [4.78, 5) is 45.2. The first-order chi connectivity index (χ1) is 18.7. The van der Waals surface area contributed by atoms with E-state index in [1.54, 1.807) is 44.2 Å². The highest BCUT2D eigenvalue weighted by atomic mass is 35.5. The summed E-state index contributed by atoms with van der Waals surface area (Å²) in [6.07, 6.45) is 1.16. The van der Waals surface area contributed by atoms with E-state index in [1.165, 1.54) is 34.2 Å². The molecule has 202 valence electrons. The quantitative estimate of drug-likeness (QED) is 0.358. The second kappa shape index (κ2) is 10.7. The number of benzene rings is 2. The zero-order valence-electron chi connectivity index (χ0n) is 21.1. The summed E-state index contributed by atoms with van der Waals surface area (Å²) in [6.45, 7) is 4.05. The second-order valence-corrected chi connectivity index (χ2v) is 9.77. The van der Waals surface area contributed by atoms with Crippen molar-refractivity contribution in [3.63, 3.8) is 0 Å². The number of nitro benzene ring substituents is 1. The summed E-state index contributed by atoms with van der Waals surface area (Å²) < 4.78 is 11.5. The van der Waals surface area contributed by atoms with Crippen molar-refractivity contribution in [1.29, 1.82) is 0 Å². The lowest BCUT2D eigenvalue weighted by Crippen LogP contribution is -2.55. The van der Waals surface area contributed by atoms with Gasteiger partial charge in [0.1, 0.15) is 30.2 Å². The highest BCUT2D eigenvalue weighted by molar-refractivity contribution is 6.30. The van der Waals surface area contributed by atoms with Gasteiger partial charge in [0.05, 0.1) is 28.9 Å². The van der Waals surface area contributed by atoms with Gasteiger partial charge >= 0.3 is 6.03 Å². The van der Waals surface area contributed by atoms with E-state index in [-0.39, 0.29) is 35.8 Å². The Morgan fingerprint density at radius 3 is 2.64 bits per heavy atom. The lowest BCUT2D eigenvalue weighted by Gasteiger charge is -2.34. The van der Waals surface area contributed by atoms with Gasteiger partial charge < -0.3 is 19.5 Å². The third kappa shape index (κ3) is 5.28. The van der Waals surface area contributed by atoms with Gasteiger partial charge in [-0.2, -0.15) is 0 Å². The van der Waals surface area contributed by atoms with Crippen LogP contribution >= 0.6 is 11.6 Å². The molecule has 13 heteroatoms. The molecule has 3 amide bonds. The van der Waals surface area contributed by atoms with Crippen LogP contribution in [0.4, 0.5) is 10.5 Å². The Morgan fingerprint density at radius 1 is 1.23 bits per heavy atom. The maximum Gasteiger partial charge on any atom is 0.326 e. The number of ether oxygens (including phenoxy) is 1. The van der Waals surface area contributed by atoms with Crippen LogP contribution < -0.4 is 10.1 Å². The van der Waals surface area contributed by atoms with E-state index in [0.717, 1.165) is 5.56 Å². The van der Waals surface area contributed by atoms with Gasteiger partial charge in [-0.15, -0.1) is 0 Å². The first-order valence-electron chi connectivity index (χ1n) is 12.3. The minimum Gasteiger partial charge on any atom is -0.490 e. The molecule has 5 rings (SSSR count). The SMILES string of the molecule is CC(C)Oc1cc([N+](=O)[O-])ccc1C1=NC(c2ccc(Cl)cc2)C(c2ccno2)N1C(=O)N1CCNC(=O)C1. The van der Waals surface area contributed by atoms with Crippen LogP contribution in [0.3, 0.4) is 0 Å². The van der Waals surface area contributed by atoms with Gasteiger partial charge in [-0.25, -0.2) is 4.79 Å². The molecule has 2 aromatic carbocycles. The standard InChI is InChI=1S/C26H25ClN6O6/c1-15(2)38-21-13-18(33(36)37)7-8-19(21)25-30-23(16-3-5-17(27)6-4-16)24(20-9-10-29-39-20)32(25)26(35)31-12-11-28-22(34)14-31/h3-10,13,15,23-24H,11-12,14H2,1-2H3,(H,28,34). The average molecular weight is 553 g/mol. The third-order valence-corrected chi connectivity index (χ3v) is 6.57. The molecular weight excluding hydrogens is 528 g/mol. The van der Waals surface area contributed by atoms with Gasteiger partial charge in [0, 0.05) is 30.2 Å². The molecule has 1 aromatic heterocycles. The average Bonchev–Trinajstić information content (AvgIpc) is 3.56. The Bertz CT molecular complexity index is 1430. The number of halogens is 1. The van der Waals surface area contributed by atoms with Gasteiger partial charge in [-0.1, -0.05) is 28.9 Å². The molecule has 2 unspecified atom stereocenters. The number of amidine groups is 1. The van der Waals surface area contributed by atoms with Crippen LogP contribution in [0, 0.1) is 10.1 Å². The first kappa shape index (κ1) is 26.2. The Balaban J connectivity index is 1.70. The molecule has 39 heavy (non-hydrogen) atoms. The molecule has 3 heterocycles. The number of urea groups is 1. The highest BCUT2D eigenvalue weighted by Gasteiger charge is 2.47. The van der Waals surface area contributed by atoms with Crippen LogP contribution in [-0.4, -0.2) is 63.4 Å². The van der Waals surface area contributed by atoms with Crippen molar-refractivity contribution in [2.75, 3.05) is 19.6 Å². The first-order valence-corrected chi connectivity index (χ1v) is 12.6. The molecule has 0 radical (unpaired) electrons. The lowest BCUT2D eigenvalue weighted by molar-refractivity contribution is -0.384. The number of nitrogens with zero attached hydrogens (tertiary/aromatic N) is 5. The number of amides is 3. The second-order valence-electron chi connectivity index (χ2n) is 9.34. The molecule has 0 aliphatic carbocycles. The van der Waals surface area contributed by atoms with E-state index < -0.39 is 23.0 Å². The Kier molecular flexibility index (Phi) is 7.20. The zero-order chi connectivity index (χ0) is 27.7. The Hall–Kier alpha value is -4.45. The van der Waals surface area contributed by atoms with Crippen LogP contribution in [0.25, 0.3) is 0 Å². The van der Waals surface area contributed by atoms with Gasteiger partial charge in [0.15, 0.2) is 5.76 Å². The van der Waals surface area contributed by atoms with Crippen molar-refractivity contribution in [2.45, 2.75) is 32.0 Å². The van der Waals surface area contributed by atoms with Crippen molar-refractivity contribution in [3.05, 3.63) is 86.8 Å². The van der Waals surface area contributed by atoms with E-state index in [1.807, 2.05) is 0 Å². The number of rotatable bonds is 6. The number of aromatic nitrogens is 1. The fourth-order valence-electron chi connectivity index (χ4n) is 4.64. The van der Waals surface area contributed by atoms with Crippen LogP contribution in [0.1, 0.15) is 42.8 Å². The maximum atomic E-state index is 14.1. The van der Waals surface area contributed by atoms with Crippen LogP contribution in [0.2, 0.25) is 5.02 Å². The Morgan fingerprint density at radius 2 is 2.00 bits per heavy atom. The van der Waals surface area contributed by atoms with Gasteiger partial charge in [-0.3, -0.25) is 24.8 Å². The molecule has 0 bridgehead atoms. The van der Waals surface area contributed by atoms with Crippen LogP contribution in [0.15, 0.2) is 64.2 Å². The minimum atomic E-state index is -0.775. The number of nitro groups is 1. The monoisotopic (exact) mass is 552 g/mol. The van der Waals surface area contributed by atoms with Crippen LogP contribution in [-0.2, 0) is 4.79 Å². The van der Waals surface area contributed by atoms with E-state index >= 15 is 0 Å². The number of carbonyl (C=O) groups excluding carboxylic acids is 2. The molecule has 0 spiro atoms. The summed E-state index contributed by atoms with van der Waals surface area (Å²) in [7, 11) is 0. The minimum absolute atomic E-state index is 0.132. The summed E-state index contributed by atoms with van der Waals surface area (Å²) >= 11 is 6.14. The van der Waals surface area contributed by atoms with Gasteiger partial charge in [0.2, 0.25) is 5.91 Å². The van der Waals surface area contributed by atoms with Crippen molar-refractivity contribution in [1.82, 2.24) is 20.3 Å². The zero-order valence-corrected chi connectivity index (χ0v) is 21.9. The maximum absolute atomic E-state index is 14.1. The molecule has 1 fully saturated rings. The van der Waals surface area contributed by atoms with E-state index in [0.29, 0.717) is 29.4 Å². The largest absolute Gasteiger partial charge is 0.490 e. The van der Waals surface area contributed by atoms with Gasteiger partial charge in [0.25, 0.3) is 5.69 Å².